The number of hydrogen-bond acceptors (Lipinski definition) is 5. The highest BCUT2D eigenvalue weighted by Gasteiger charge is 2.13. The Morgan fingerprint density at radius 2 is 2.31 bits per heavy atom. The van der Waals surface area contributed by atoms with E-state index in [1.807, 2.05) is 6.92 Å². The quantitative estimate of drug-likeness (QED) is 0.747. The van der Waals surface area contributed by atoms with Crippen molar-refractivity contribution in [2.24, 2.45) is 0 Å². The fraction of sp³-hybridized carbons (Fsp3) is 0.600. The number of halogens is 1. The van der Waals surface area contributed by atoms with Gasteiger partial charge in [0, 0.05) is 7.11 Å². The largest absolute Gasteiger partial charge is 0.394 e. The normalized spacial score (nSPS) is 12.5. The Bertz CT molecular complexity index is 336. The molecule has 0 amide bonds. The van der Waals surface area contributed by atoms with Gasteiger partial charge in [-0.15, -0.1) is 0 Å². The fourth-order valence-electron chi connectivity index (χ4n) is 1.29. The van der Waals surface area contributed by atoms with Crippen LogP contribution in [0.5, 0.6) is 0 Å². The standard InChI is InChI=1S/C10H16FN3O2/c1-3-8-9(11)10(13-6-12-8)14-7(4-15)5-16-2/h6-7,15H,3-5H2,1-2H3,(H,12,13,14). The topological polar surface area (TPSA) is 67.3 Å². The lowest BCUT2D eigenvalue weighted by Gasteiger charge is -2.16. The highest BCUT2D eigenvalue weighted by atomic mass is 19.1. The molecule has 0 aliphatic heterocycles. The van der Waals surface area contributed by atoms with Crippen molar-refractivity contribution in [3.63, 3.8) is 0 Å². The van der Waals surface area contributed by atoms with E-state index in [9.17, 15) is 4.39 Å². The van der Waals surface area contributed by atoms with Gasteiger partial charge in [-0.1, -0.05) is 6.92 Å². The minimum atomic E-state index is -0.473. The highest BCUT2D eigenvalue weighted by Crippen LogP contribution is 2.14. The molecule has 1 aromatic rings. The molecule has 0 aromatic carbocycles. The molecule has 0 saturated carbocycles. The third-order valence-corrected chi connectivity index (χ3v) is 2.13. The van der Waals surface area contributed by atoms with Gasteiger partial charge in [0.15, 0.2) is 11.6 Å². The summed E-state index contributed by atoms with van der Waals surface area (Å²) in [4.78, 5) is 7.61. The SMILES string of the molecule is CCc1ncnc(NC(CO)COC)c1F. The minimum Gasteiger partial charge on any atom is -0.394 e. The summed E-state index contributed by atoms with van der Waals surface area (Å²) >= 11 is 0. The number of aromatic nitrogens is 2. The van der Waals surface area contributed by atoms with E-state index in [4.69, 9.17) is 9.84 Å². The first-order valence-corrected chi connectivity index (χ1v) is 5.08. The van der Waals surface area contributed by atoms with Gasteiger partial charge in [-0.25, -0.2) is 14.4 Å². The van der Waals surface area contributed by atoms with Crippen LogP contribution in [0, 0.1) is 5.82 Å². The predicted molar refractivity (Wildman–Crippen MR) is 57.7 cm³/mol. The summed E-state index contributed by atoms with van der Waals surface area (Å²) in [5, 5.41) is 11.8. The van der Waals surface area contributed by atoms with E-state index in [1.165, 1.54) is 13.4 Å². The zero-order chi connectivity index (χ0) is 12.0. The molecule has 0 bridgehead atoms. The molecule has 0 aliphatic rings. The van der Waals surface area contributed by atoms with Crippen LogP contribution in [0.4, 0.5) is 10.2 Å². The molecule has 1 unspecified atom stereocenters. The Balaban J connectivity index is 2.79. The number of methoxy groups -OCH3 is 1. The van der Waals surface area contributed by atoms with Gasteiger partial charge in [-0.3, -0.25) is 0 Å². The fourth-order valence-corrected chi connectivity index (χ4v) is 1.29. The van der Waals surface area contributed by atoms with E-state index in [2.05, 4.69) is 15.3 Å². The van der Waals surface area contributed by atoms with E-state index in [0.717, 1.165) is 0 Å². The molecule has 2 N–H and O–H groups in total. The third kappa shape index (κ3) is 3.11. The number of nitrogens with zero attached hydrogens (tertiary/aromatic N) is 2. The Labute approximate surface area is 93.7 Å². The van der Waals surface area contributed by atoms with Crippen LogP contribution in [0.3, 0.4) is 0 Å². The molecular formula is C10H16FN3O2. The van der Waals surface area contributed by atoms with E-state index in [0.29, 0.717) is 12.1 Å². The molecule has 16 heavy (non-hydrogen) atoms. The van der Waals surface area contributed by atoms with Gasteiger partial charge in [0.05, 0.1) is 24.9 Å². The number of hydrogen-bond donors (Lipinski definition) is 2. The maximum Gasteiger partial charge on any atom is 0.186 e. The monoisotopic (exact) mass is 229 g/mol. The molecule has 0 saturated heterocycles. The molecule has 1 aromatic heterocycles. The van der Waals surface area contributed by atoms with Crippen molar-refractivity contribution >= 4 is 5.82 Å². The number of aliphatic hydroxyl groups excluding tert-OH is 1. The van der Waals surface area contributed by atoms with Crippen LogP contribution in [0.15, 0.2) is 6.33 Å². The smallest absolute Gasteiger partial charge is 0.186 e. The number of aliphatic hydroxyl groups is 1. The van der Waals surface area contributed by atoms with Crippen molar-refractivity contribution < 1.29 is 14.2 Å². The summed E-state index contributed by atoms with van der Waals surface area (Å²) in [6, 6.07) is -0.376. The number of nitrogens with one attached hydrogen (secondary N) is 1. The molecule has 0 fully saturated rings. The second-order valence-corrected chi connectivity index (χ2v) is 3.32. The molecule has 5 nitrogen and oxygen atoms in total. The van der Waals surface area contributed by atoms with Crippen LogP contribution in [-0.2, 0) is 11.2 Å². The number of anilines is 1. The zero-order valence-corrected chi connectivity index (χ0v) is 9.40. The molecule has 1 heterocycles. The van der Waals surface area contributed by atoms with E-state index < -0.39 is 5.82 Å². The van der Waals surface area contributed by atoms with E-state index in [1.54, 1.807) is 0 Å². The lowest BCUT2D eigenvalue weighted by Crippen LogP contribution is -2.29. The van der Waals surface area contributed by atoms with Crippen molar-refractivity contribution in [1.82, 2.24) is 9.97 Å². The van der Waals surface area contributed by atoms with E-state index >= 15 is 0 Å². The van der Waals surface area contributed by atoms with E-state index in [-0.39, 0.29) is 25.1 Å². The second-order valence-electron chi connectivity index (χ2n) is 3.32. The first-order valence-electron chi connectivity index (χ1n) is 5.08. The molecule has 0 spiro atoms. The van der Waals surface area contributed by atoms with Crippen LogP contribution in [0.1, 0.15) is 12.6 Å². The predicted octanol–water partition coefficient (Wildman–Crippen LogP) is 0.597. The lowest BCUT2D eigenvalue weighted by molar-refractivity contribution is 0.153. The summed E-state index contributed by atoms with van der Waals surface area (Å²) in [5.41, 5.74) is 0.353. The molecule has 0 radical (unpaired) electrons. The molecule has 90 valence electrons. The summed E-state index contributed by atoms with van der Waals surface area (Å²) in [6.45, 7) is 1.94. The lowest BCUT2D eigenvalue weighted by atomic mass is 10.3. The van der Waals surface area contributed by atoms with Crippen LogP contribution in [0.25, 0.3) is 0 Å². The van der Waals surface area contributed by atoms with Gasteiger partial charge < -0.3 is 15.2 Å². The molecule has 0 aliphatic carbocycles. The second kappa shape index (κ2) is 6.34. The molecule has 6 heteroatoms. The van der Waals surface area contributed by atoms with Crippen LogP contribution < -0.4 is 5.32 Å². The summed E-state index contributed by atoms with van der Waals surface area (Å²) in [7, 11) is 1.51. The van der Waals surface area contributed by atoms with Crippen LogP contribution in [0.2, 0.25) is 0 Å². The van der Waals surface area contributed by atoms with Crippen molar-refractivity contribution in [2.75, 3.05) is 25.6 Å². The van der Waals surface area contributed by atoms with Crippen molar-refractivity contribution in [3.05, 3.63) is 17.8 Å². The Kier molecular flexibility index (Phi) is 5.07. The maximum atomic E-state index is 13.7. The van der Waals surface area contributed by atoms with Crippen molar-refractivity contribution in [1.29, 1.82) is 0 Å². The molecular weight excluding hydrogens is 213 g/mol. The summed E-state index contributed by atoms with van der Waals surface area (Å²) < 4.78 is 18.6. The highest BCUT2D eigenvalue weighted by molar-refractivity contribution is 5.38. The van der Waals surface area contributed by atoms with Crippen LogP contribution >= 0.6 is 0 Å². The maximum absolute atomic E-state index is 13.7. The third-order valence-electron chi connectivity index (χ3n) is 2.13. The Hall–Kier alpha value is -1.27. The van der Waals surface area contributed by atoms with Gasteiger partial charge in [-0.05, 0) is 6.42 Å². The van der Waals surface area contributed by atoms with Gasteiger partial charge in [-0.2, -0.15) is 0 Å². The minimum absolute atomic E-state index is 0.1000. The average molecular weight is 229 g/mol. The Morgan fingerprint density at radius 3 is 2.88 bits per heavy atom. The first kappa shape index (κ1) is 12.8. The van der Waals surface area contributed by atoms with Gasteiger partial charge >= 0.3 is 0 Å². The zero-order valence-electron chi connectivity index (χ0n) is 9.40. The average Bonchev–Trinajstić information content (AvgIpc) is 2.31. The first-order chi connectivity index (χ1) is 7.72. The summed E-state index contributed by atoms with van der Waals surface area (Å²) in [6.07, 6.45) is 1.79. The molecule has 1 rings (SSSR count). The Morgan fingerprint density at radius 1 is 1.56 bits per heavy atom. The number of aryl methyl sites for hydroxylation is 1. The van der Waals surface area contributed by atoms with Gasteiger partial charge in [0.2, 0.25) is 0 Å². The number of ether oxygens (including phenoxy) is 1. The molecule has 1 atom stereocenters. The van der Waals surface area contributed by atoms with Crippen molar-refractivity contribution in [3.8, 4) is 0 Å². The summed E-state index contributed by atoms with van der Waals surface area (Å²) in [5.74, 6) is -0.373. The van der Waals surface area contributed by atoms with Gasteiger partial charge in [0.25, 0.3) is 0 Å². The van der Waals surface area contributed by atoms with Crippen LogP contribution in [-0.4, -0.2) is 41.4 Å². The van der Waals surface area contributed by atoms with Crippen molar-refractivity contribution in [2.45, 2.75) is 19.4 Å². The number of rotatable bonds is 6. The van der Waals surface area contributed by atoms with Gasteiger partial charge in [0.1, 0.15) is 6.33 Å².